The zero-order valence-corrected chi connectivity index (χ0v) is 14.8. The third-order valence-electron chi connectivity index (χ3n) is 3.21. The highest BCUT2D eigenvalue weighted by Gasteiger charge is 2.10. The summed E-state index contributed by atoms with van der Waals surface area (Å²) in [7, 11) is 0. The lowest BCUT2D eigenvalue weighted by atomic mass is 10.2. The number of nitrogens with one attached hydrogen (secondary N) is 2. The molecule has 2 aromatic rings. The average molecular weight is 376 g/mol. The van der Waals surface area contributed by atoms with E-state index in [-0.39, 0.29) is 17.9 Å². The van der Waals surface area contributed by atoms with Gasteiger partial charge in [0.25, 0.3) is 11.8 Å². The van der Waals surface area contributed by atoms with Crippen LogP contribution in [0.4, 0.5) is 0 Å². The summed E-state index contributed by atoms with van der Waals surface area (Å²) in [4.78, 5) is 23.7. The van der Waals surface area contributed by atoms with E-state index in [0.717, 1.165) is 0 Å². The van der Waals surface area contributed by atoms with Gasteiger partial charge in [0, 0.05) is 0 Å². The van der Waals surface area contributed by atoms with Gasteiger partial charge in [0.05, 0.1) is 30.0 Å². The zero-order valence-electron chi connectivity index (χ0n) is 14.0. The molecule has 136 valence electrons. The standard InChI is InChI=1S/C18H18ClN3O4/c1-2-26-16-9-12(7-8-15(16)23)10-21-22-17(24)11-20-18(25)13-5-3-4-6-14(13)19/h3-10,23H,2,11H2,1H3,(H,20,25)(H,22,24)/b21-10+. The molecule has 0 radical (unpaired) electrons. The average Bonchev–Trinajstić information content (AvgIpc) is 2.63. The number of hydrogen-bond acceptors (Lipinski definition) is 5. The van der Waals surface area contributed by atoms with E-state index in [9.17, 15) is 14.7 Å². The molecule has 0 aliphatic heterocycles. The maximum atomic E-state index is 11.9. The zero-order chi connectivity index (χ0) is 18.9. The number of carbonyl (C=O) groups excluding carboxylic acids is 2. The van der Waals surface area contributed by atoms with E-state index in [2.05, 4.69) is 15.8 Å². The highest BCUT2D eigenvalue weighted by Crippen LogP contribution is 2.26. The first-order chi connectivity index (χ1) is 12.5. The fourth-order valence-corrected chi connectivity index (χ4v) is 2.22. The maximum absolute atomic E-state index is 11.9. The van der Waals surface area contributed by atoms with Crippen molar-refractivity contribution in [3.63, 3.8) is 0 Å². The Kier molecular flexibility index (Phi) is 6.99. The van der Waals surface area contributed by atoms with Crippen molar-refractivity contribution in [1.29, 1.82) is 0 Å². The predicted molar refractivity (Wildman–Crippen MR) is 98.8 cm³/mol. The minimum Gasteiger partial charge on any atom is -0.504 e. The van der Waals surface area contributed by atoms with Crippen LogP contribution in [0.2, 0.25) is 5.02 Å². The molecule has 2 rings (SSSR count). The van der Waals surface area contributed by atoms with Gasteiger partial charge in [-0.3, -0.25) is 9.59 Å². The monoisotopic (exact) mass is 375 g/mol. The summed E-state index contributed by atoms with van der Waals surface area (Å²) in [6, 6.07) is 11.2. The van der Waals surface area contributed by atoms with Crippen LogP contribution in [-0.2, 0) is 4.79 Å². The van der Waals surface area contributed by atoms with Crippen molar-refractivity contribution in [2.24, 2.45) is 5.10 Å². The van der Waals surface area contributed by atoms with Crippen LogP contribution >= 0.6 is 11.6 Å². The van der Waals surface area contributed by atoms with Crippen LogP contribution in [0.15, 0.2) is 47.6 Å². The Balaban J connectivity index is 1.85. The largest absolute Gasteiger partial charge is 0.504 e. The fourth-order valence-electron chi connectivity index (χ4n) is 2.00. The molecule has 0 saturated carbocycles. The molecule has 7 nitrogen and oxygen atoms in total. The smallest absolute Gasteiger partial charge is 0.259 e. The lowest BCUT2D eigenvalue weighted by molar-refractivity contribution is -0.120. The number of nitrogens with zero attached hydrogens (tertiary/aromatic N) is 1. The van der Waals surface area contributed by atoms with Gasteiger partial charge in [-0.15, -0.1) is 0 Å². The Hall–Kier alpha value is -3.06. The third kappa shape index (κ3) is 5.49. The second-order valence-electron chi connectivity index (χ2n) is 5.12. The van der Waals surface area contributed by atoms with E-state index >= 15 is 0 Å². The third-order valence-corrected chi connectivity index (χ3v) is 3.54. The van der Waals surface area contributed by atoms with Gasteiger partial charge in [-0.05, 0) is 42.8 Å². The van der Waals surface area contributed by atoms with Crippen molar-refractivity contribution < 1.29 is 19.4 Å². The Morgan fingerprint density at radius 1 is 1.27 bits per heavy atom. The molecule has 0 atom stereocenters. The topological polar surface area (TPSA) is 100 Å². The van der Waals surface area contributed by atoms with Gasteiger partial charge in [-0.2, -0.15) is 5.10 Å². The quantitative estimate of drug-likeness (QED) is 0.510. The maximum Gasteiger partial charge on any atom is 0.259 e. The summed E-state index contributed by atoms with van der Waals surface area (Å²) in [6.45, 7) is 1.97. The molecule has 0 aromatic heterocycles. The molecule has 26 heavy (non-hydrogen) atoms. The van der Waals surface area contributed by atoms with Crippen LogP contribution in [0.1, 0.15) is 22.8 Å². The molecule has 0 aliphatic rings. The van der Waals surface area contributed by atoms with Gasteiger partial charge in [-0.25, -0.2) is 5.43 Å². The number of halogens is 1. The fraction of sp³-hybridized carbons (Fsp3) is 0.167. The van der Waals surface area contributed by atoms with Gasteiger partial charge in [0.2, 0.25) is 0 Å². The summed E-state index contributed by atoms with van der Waals surface area (Å²) in [5, 5.41) is 16.2. The Morgan fingerprint density at radius 3 is 2.77 bits per heavy atom. The van der Waals surface area contributed by atoms with E-state index < -0.39 is 11.8 Å². The van der Waals surface area contributed by atoms with Crippen molar-refractivity contribution >= 4 is 29.6 Å². The van der Waals surface area contributed by atoms with E-state index in [1.807, 2.05) is 0 Å². The number of ether oxygens (including phenoxy) is 1. The van der Waals surface area contributed by atoms with Gasteiger partial charge in [-0.1, -0.05) is 23.7 Å². The van der Waals surface area contributed by atoms with Crippen molar-refractivity contribution in [3.8, 4) is 11.5 Å². The number of amides is 2. The lowest BCUT2D eigenvalue weighted by Gasteiger charge is -2.06. The predicted octanol–water partition coefficient (Wildman–Crippen LogP) is 2.32. The highest BCUT2D eigenvalue weighted by molar-refractivity contribution is 6.33. The molecule has 2 amide bonds. The second-order valence-corrected chi connectivity index (χ2v) is 5.52. The van der Waals surface area contributed by atoms with E-state index in [1.165, 1.54) is 12.3 Å². The molecule has 0 spiro atoms. The van der Waals surface area contributed by atoms with Crippen molar-refractivity contribution in [2.45, 2.75) is 6.92 Å². The molecule has 3 N–H and O–H groups in total. The summed E-state index contributed by atoms with van der Waals surface area (Å²) in [6.07, 6.45) is 1.40. The normalized spacial score (nSPS) is 10.5. The van der Waals surface area contributed by atoms with Crippen molar-refractivity contribution in [1.82, 2.24) is 10.7 Å². The minimum absolute atomic E-state index is 0.0234. The SMILES string of the molecule is CCOc1cc(/C=N/NC(=O)CNC(=O)c2ccccc2Cl)ccc1O. The van der Waals surface area contributed by atoms with E-state index in [4.69, 9.17) is 16.3 Å². The van der Waals surface area contributed by atoms with Gasteiger partial charge in [0.1, 0.15) is 0 Å². The molecule has 0 bridgehead atoms. The number of aromatic hydroxyl groups is 1. The Bertz CT molecular complexity index is 824. The molecule has 0 aliphatic carbocycles. The molecule has 0 heterocycles. The molecular formula is C18H18ClN3O4. The first-order valence-electron chi connectivity index (χ1n) is 7.81. The number of carbonyl (C=O) groups is 2. The first kappa shape index (κ1) is 19.3. The summed E-state index contributed by atoms with van der Waals surface area (Å²) < 4.78 is 5.26. The Morgan fingerprint density at radius 2 is 2.04 bits per heavy atom. The Labute approximate surface area is 155 Å². The van der Waals surface area contributed by atoms with Crippen LogP contribution in [0.25, 0.3) is 0 Å². The van der Waals surface area contributed by atoms with Crippen molar-refractivity contribution in [2.75, 3.05) is 13.2 Å². The van der Waals surface area contributed by atoms with Gasteiger partial charge < -0.3 is 15.2 Å². The number of hydrazone groups is 1. The first-order valence-corrected chi connectivity index (χ1v) is 8.19. The number of hydrogen-bond donors (Lipinski definition) is 3. The highest BCUT2D eigenvalue weighted by atomic mass is 35.5. The van der Waals surface area contributed by atoms with Crippen LogP contribution in [0, 0.1) is 0 Å². The van der Waals surface area contributed by atoms with Crippen LogP contribution in [-0.4, -0.2) is 36.3 Å². The number of rotatable bonds is 7. The minimum atomic E-state index is -0.495. The van der Waals surface area contributed by atoms with Crippen LogP contribution < -0.4 is 15.5 Å². The molecule has 8 heteroatoms. The van der Waals surface area contributed by atoms with Crippen LogP contribution in [0.5, 0.6) is 11.5 Å². The second kappa shape index (κ2) is 9.43. The number of phenolic OH excluding ortho intramolecular Hbond substituents is 1. The van der Waals surface area contributed by atoms with E-state index in [0.29, 0.717) is 22.9 Å². The van der Waals surface area contributed by atoms with Gasteiger partial charge >= 0.3 is 0 Å². The lowest BCUT2D eigenvalue weighted by Crippen LogP contribution is -2.35. The summed E-state index contributed by atoms with van der Waals surface area (Å²) >= 11 is 5.92. The molecule has 2 aromatic carbocycles. The van der Waals surface area contributed by atoms with E-state index in [1.54, 1.807) is 43.3 Å². The summed E-state index contributed by atoms with van der Waals surface area (Å²) in [5.74, 6) is -0.592. The molecular weight excluding hydrogens is 358 g/mol. The number of phenols is 1. The molecule has 0 fully saturated rings. The number of benzene rings is 2. The van der Waals surface area contributed by atoms with Crippen molar-refractivity contribution in [3.05, 3.63) is 58.6 Å². The van der Waals surface area contributed by atoms with Crippen LogP contribution in [0.3, 0.4) is 0 Å². The summed E-state index contributed by atoms with van der Waals surface area (Å²) in [5.41, 5.74) is 3.22. The molecule has 0 unspecified atom stereocenters. The molecule has 0 saturated heterocycles. The van der Waals surface area contributed by atoms with Gasteiger partial charge in [0.15, 0.2) is 11.5 Å².